The molecule has 3 heteroatoms. The third-order valence-corrected chi connectivity index (χ3v) is 3.36. The summed E-state index contributed by atoms with van der Waals surface area (Å²) in [6.45, 7) is 5.76. The van der Waals surface area contributed by atoms with Gasteiger partial charge in [-0.2, -0.15) is 0 Å². The summed E-state index contributed by atoms with van der Waals surface area (Å²) >= 11 is 0. The fourth-order valence-electron chi connectivity index (χ4n) is 2.09. The van der Waals surface area contributed by atoms with Gasteiger partial charge in [0, 0.05) is 5.56 Å². The molecule has 0 unspecified atom stereocenters. The third-order valence-electron chi connectivity index (χ3n) is 3.36. The lowest BCUT2D eigenvalue weighted by Gasteiger charge is -2.15. The van der Waals surface area contributed by atoms with E-state index in [1.165, 1.54) is 12.1 Å². The highest BCUT2D eigenvalue weighted by Gasteiger charge is 2.13. The quantitative estimate of drug-likeness (QED) is 0.900. The van der Waals surface area contributed by atoms with E-state index in [0.717, 1.165) is 16.7 Å². The van der Waals surface area contributed by atoms with Crippen molar-refractivity contribution in [2.75, 3.05) is 0 Å². The molecule has 1 atom stereocenters. The Hall–Kier alpha value is -2.16. The highest BCUT2D eigenvalue weighted by molar-refractivity contribution is 5.96. The first-order valence-electron chi connectivity index (χ1n) is 6.61. The molecular formula is C17H18FNO. The van der Waals surface area contributed by atoms with Crippen LogP contribution in [-0.2, 0) is 0 Å². The second kappa shape index (κ2) is 5.87. The molecule has 0 aliphatic heterocycles. The molecular weight excluding hydrogens is 253 g/mol. The highest BCUT2D eigenvalue weighted by Crippen LogP contribution is 2.16. The molecule has 1 N–H and O–H groups in total. The normalized spacial score (nSPS) is 12.0. The lowest BCUT2D eigenvalue weighted by molar-refractivity contribution is 0.0939. The average molecular weight is 271 g/mol. The molecule has 0 heterocycles. The van der Waals surface area contributed by atoms with Crippen molar-refractivity contribution in [3.8, 4) is 0 Å². The molecule has 0 fully saturated rings. The predicted octanol–water partition coefficient (Wildman–Crippen LogP) is 3.93. The largest absolute Gasteiger partial charge is 0.346 e. The van der Waals surface area contributed by atoms with E-state index in [2.05, 4.69) is 5.32 Å². The number of benzene rings is 2. The Morgan fingerprint density at radius 3 is 2.40 bits per heavy atom. The molecule has 2 aromatic carbocycles. The average Bonchev–Trinajstić information content (AvgIpc) is 2.42. The molecule has 0 saturated heterocycles. The Kier molecular flexibility index (Phi) is 4.18. The summed E-state index contributed by atoms with van der Waals surface area (Å²) in [5.74, 6) is -0.384. The minimum absolute atomic E-state index is 0.108. The van der Waals surface area contributed by atoms with E-state index >= 15 is 0 Å². The maximum Gasteiger partial charge on any atom is 0.252 e. The van der Waals surface area contributed by atoms with E-state index < -0.39 is 0 Å². The second-order valence-corrected chi connectivity index (χ2v) is 5.07. The van der Waals surface area contributed by atoms with Gasteiger partial charge in [0.25, 0.3) is 5.91 Å². The number of rotatable bonds is 3. The smallest absolute Gasteiger partial charge is 0.252 e. The van der Waals surface area contributed by atoms with Gasteiger partial charge in [0.1, 0.15) is 5.82 Å². The minimum atomic E-state index is -0.276. The van der Waals surface area contributed by atoms with Crippen LogP contribution in [0.4, 0.5) is 4.39 Å². The Labute approximate surface area is 118 Å². The molecule has 0 spiro atoms. The van der Waals surface area contributed by atoms with Crippen LogP contribution >= 0.6 is 0 Å². The van der Waals surface area contributed by atoms with E-state index in [0.29, 0.717) is 5.56 Å². The lowest BCUT2D eigenvalue weighted by atomic mass is 10.0. The molecule has 1 amide bonds. The van der Waals surface area contributed by atoms with Crippen LogP contribution in [0.3, 0.4) is 0 Å². The highest BCUT2D eigenvalue weighted by atomic mass is 19.1. The number of amides is 1. The van der Waals surface area contributed by atoms with Crippen LogP contribution in [0, 0.1) is 19.7 Å². The number of halogens is 1. The second-order valence-electron chi connectivity index (χ2n) is 5.07. The van der Waals surface area contributed by atoms with E-state index in [4.69, 9.17) is 0 Å². The van der Waals surface area contributed by atoms with Crippen molar-refractivity contribution >= 4 is 5.91 Å². The molecule has 0 bridgehead atoms. The first-order valence-corrected chi connectivity index (χ1v) is 6.61. The van der Waals surface area contributed by atoms with Crippen LogP contribution in [0.15, 0.2) is 42.5 Å². The Morgan fingerprint density at radius 2 is 1.75 bits per heavy atom. The fourth-order valence-corrected chi connectivity index (χ4v) is 2.09. The lowest BCUT2D eigenvalue weighted by Crippen LogP contribution is -2.27. The molecule has 2 nitrogen and oxygen atoms in total. The maximum absolute atomic E-state index is 12.9. The van der Waals surface area contributed by atoms with E-state index in [-0.39, 0.29) is 17.8 Å². The van der Waals surface area contributed by atoms with Crippen LogP contribution < -0.4 is 5.32 Å². The van der Waals surface area contributed by atoms with Gasteiger partial charge < -0.3 is 5.32 Å². The van der Waals surface area contributed by atoms with Crippen molar-refractivity contribution in [2.45, 2.75) is 26.8 Å². The molecule has 2 aromatic rings. The van der Waals surface area contributed by atoms with Crippen LogP contribution in [-0.4, -0.2) is 5.91 Å². The van der Waals surface area contributed by atoms with E-state index in [9.17, 15) is 9.18 Å². The number of carbonyl (C=O) groups is 1. The summed E-state index contributed by atoms with van der Waals surface area (Å²) in [6, 6.07) is 11.8. The third kappa shape index (κ3) is 3.23. The number of nitrogens with one attached hydrogen (secondary N) is 1. The first kappa shape index (κ1) is 14.3. The summed E-state index contributed by atoms with van der Waals surface area (Å²) in [4.78, 5) is 12.3. The Morgan fingerprint density at radius 1 is 1.10 bits per heavy atom. The van der Waals surface area contributed by atoms with Gasteiger partial charge >= 0.3 is 0 Å². The molecule has 0 radical (unpaired) electrons. The maximum atomic E-state index is 12.9. The first-order chi connectivity index (χ1) is 9.47. The Bertz CT molecular complexity index is 619. The summed E-state index contributed by atoms with van der Waals surface area (Å²) in [6.07, 6.45) is 0. The molecule has 0 saturated carbocycles. The van der Waals surface area contributed by atoms with Crippen LogP contribution in [0.25, 0.3) is 0 Å². The van der Waals surface area contributed by atoms with Crippen molar-refractivity contribution in [3.63, 3.8) is 0 Å². The van der Waals surface area contributed by atoms with E-state index in [1.807, 2.05) is 39.0 Å². The van der Waals surface area contributed by atoms with Gasteiger partial charge in [0.05, 0.1) is 6.04 Å². The van der Waals surface area contributed by atoms with Crippen molar-refractivity contribution in [2.24, 2.45) is 0 Å². The van der Waals surface area contributed by atoms with Gasteiger partial charge in [-0.05, 0) is 50.1 Å². The van der Waals surface area contributed by atoms with Gasteiger partial charge in [0.2, 0.25) is 0 Å². The summed E-state index contributed by atoms with van der Waals surface area (Å²) in [7, 11) is 0. The van der Waals surface area contributed by atoms with Gasteiger partial charge in [0.15, 0.2) is 0 Å². The summed E-state index contributed by atoms with van der Waals surface area (Å²) in [5, 5.41) is 2.94. The van der Waals surface area contributed by atoms with Crippen LogP contribution in [0.5, 0.6) is 0 Å². The van der Waals surface area contributed by atoms with Crippen molar-refractivity contribution in [1.29, 1.82) is 0 Å². The monoisotopic (exact) mass is 271 g/mol. The standard InChI is InChI=1S/C17H18FNO/c1-11-4-5-12(2)16(10-11)17(20)19-13(3)14-6-8-15(18)9-7-14/h4-10,13H,1-3H3,(H,19,20)/t13-/m0/s1. The zero-order valence-electron chi connectivity index (χ0n) is 11.9. The van der Waals surface area contributed by atoms with Crippen LogP contribution in [0.2, 0.25) is 0 Å². The predicted molar refractivity (Wildman–Crippen MR) is 78.2 cm³/mol. The number of aryl methyl sites for hydroxylation is 2. The van der Waals surface area contributed by atoms with E-state index in [1.54, 1.807) is 12.1 Å². The van der Waals surface area contributed by atoms with Crippen molar-refractivity contribution in [1.82, 2.24) is 5.32 Å². The molecule has 104 valence electrons. The van der Waals surface area contributed by atoms with Crippen LogP contribution in [0.1, 0.15) is 40.0 Å². The molecule has 20 heavy (non-hydrogen) atoms. The van der Waals surface area contributed by atoms with Crippen molar-refractivity contribution in [3.05, 3.63) is 70.5 Å². The van der Waals surface area contributed by atoms with Crippen molar-refractivity contribution < 1.29 is 9.18 Å². The number of hydrogen-bond acceptors (Lipinski definition) is 1. The minimum Gasteiger partial charge on any atom is -0.346 e. The fraction of sp³-hybridized carbons (Fsp3) is 0.235. The summed E-state index contributed by atoms with van der Waals surface area (Å²) in [5.41, 5.74) is 3.55. The number of carbonyl (C=O) groups excluding carboxylic acids is 1. The van der Waals surface area contributed by atoms with Gasteiger partial charge in [-0.3, -0.25) is 4.79 Å². The zero-order chi connectivity index (χ0) is 14.7. The zero-order valence-corrected chi connectivity index (χ0v) is 11.9. The molecule has 0 aromatic heterocycles. The molecule has 0 aliphatic carbocycles. The Balaban J connectivity index is 2.15. The molecule has 2 rings (SSSR count). The van der Waals surface area contributed by atoms with Gasteiger partial charge in [-0.25, -0.2) is 4.39 Å². The van der Waals surface area contributed by atoms with Gasteiger partial charge in [-0.15, -0.1) is 0 Å². The summed E-state index contributed by atoms with van der Waals surface area (Å²) < 4.78 is 12.9. The molecule has 0 aliphatic rings. The topological polar surface area (TPSA) is 29.1 Å². The van der Waals surface area contributed by atoms with Gasteiger partial charge in [-0.1, -0.05) is 29.8 Å². The SMILES string of the molecule is Cc1ccc(C)c(C(=O)N[C@@H](C)c2ccc(F)cc2)c1. The number of hydrogen-bond donors (Lipinski definition) is 1.